The summed E-state index contributed by atoms with van der Waals surface area (Å²) in [6, 6.07) is 0. The second-order valence-electron chi connectivity index (χ2n) is 3.17. The zero-order chi connectivity index (χ0) is 8.32. The largest absolute Gasteiger partial charge is 0.466 e. The minimum atomic E-state index is -0.121. The Morgan fingerprint density at radius 2 is 2.17 bits per heavy atom. The lowest BCUT2D eigenvalue weighted by molar-refractivity contribution is -0.143. The molecule has 0 aromatic heterocycles. The van der Waals surface area contributed by atoms with E-state index < -0.39 is 0 Å². The third-order valence-electron chi connectivity index (χ3n) is 2.02. The first-order chi connectivity index (χ1) is 5.16. The van der Waals surface area contributed by atoms with E-state index in [1.54, 1.807) is 0 Å². The standard InChI is InChI=1S/C8H15NO2.ClH/c1-2-11-7(10)3-4-8(9)5-6-8;/h2-6,9H2,1H3;1H. The van der Waals surface area contributed by atoms with Crippen molar-refractivity contribution >= 4 is 18.4 Å². The Morgan fingerprint density at radius 1 is 1.58 bits per heavy atom. The smallest absolute Gasteiger partial charge is 0.305 e. The van der Waals surface area contributed by atoms with Gasteiger partial charge in [0.15, 0.2) is 0 Å². The summed E-state index contributed by atoms with van der Waals surface area (Å²) in [7, 11) is 0. The van der Waals surface area contributed by atoms with Crippen molar-refractivity contribution in [1.29, 1.82) is 0 Å². The van der Waals surface area contributed by atoms with Crippen molar-refractivity contribution in [2.45, 2.75) is 38.1 Å². The van der Waals surface area contributed by atoms with Crippen LogP contribution in [0, 0.1) is 0 Å². The van der Waals surface area contributed by atoms with Gasteiger partial charge in [0, 0.05) is 12.0 Å². The first kappa shape index (κ1) is 11.7. The first-order valence-electron chi connectivity index (χ1n) is 4.11. The van der Waals surface area contributed by atoms with E-state index in [2.05, 4.69) is 0 Å². The molecule has 0 amide bonds. The molecule has 0 bridgehead atoms. The quantitative estimate of drug-likeness (QED) is 0.684. The molecule has 1 fully saturated rings. The van der Waals surface area contributed by atoms with Crippen LogP contribution in [0.5, 0.6) is 0 Å². The van der Waals surface area contributed by atoms with Gasteiger partial charge in [-0.15, -0.1) is 12.4 Å². The topological polar surface area (TPSA) is 52.3 Å². The van der Waals surface area contributed by atoms with Crippen LogP contribution in [0.1, 0.15) is 32.6 Å². The van der Waals surface area contributed by atoms with Crippen LogP contribution in [-0.2, 0) is 9.53 Å². The number of hydrogen-bond donors (Lipinski definition) is 1. The lowest BCUT2D eigenvalue weighted by Gasteiger charge is -2.06. The highest BCUT2D eigenvalue weighted by Crippen LogP contribution is 2.36. The van der Waals surface area contributed by atoms with E-state index >= 15 is 0 Å². The average molecular weight is 194 g/mol. The van der Waals surface area contributed by atoms with Gasteiger partial charge in [-0.05, 0) is 26.2 Å². The van der Waals surface area contributed by atoms with Gasteiger partial charge in [-0.1, -0.05) is 0 Å². The van der Waals surface area contributed by atoms with Crippen LogP contribution >= 0.6 is 12.4 Å². The monoisotopic (exact) mass is 193 g/mol. The third kappa shape index (κ3) is 3.93. The van der Waals surface area contributed by atoms with Gasteiger partial charge in [-0.3, -0.25) is 4.79 Å². The van der Waals surface area contributed by atoms with E-state index in [0.29, 0.717) is 13.0 Å². The van der Waals surface area contributed by atoms with Crippen LogP contribution < -0.4 is 5.73 Å². The number of carbonyl (C=O) groups excluding carboxylic acids is 1. The summed E-state index contributed by atoms with van der Waals surface area (Å²) in [6.07, 6.45) is 3.38. The molecule has 0 spiro atoms. The highest BCUT2D eigenvalue weighted by Gasteiger charge is 2.37. The predicted molar refractivity (Wildman–Crippen MR) is 49.3 cm³/mol. The Hall–Kier alpha value is -0.280. The molecule has 3 nitrogen and oxygen atoms in total. The van der Waals surface area contributed by atoms with Gasteiger partial charge in [0.05, 0.1) is 6.61 Å². The summed E-state index contributed by atoms with van der Waals surface area (Å²) in [5, 5.41) is 0. The third-order valence-corrected chi connectivity index (χ3v) is 2.02. The zero-order valence-electron chi connectivity index (χ0n) is 7.34. The highest BCUT2D eigenvalue weighted by atomic mass is 35.5. The van der Waals surface area contributed by atoms with Crippen molar-refractivity contribution < 1.29 is 9.53 Å². The van der Waals surface area contributed by atoms with Crippen molar-refractivity contribution in [3.63, 3.8) is 0 Å². The maximum absolute atomic E-state index is 10.8. The SMILES string of the molecule is CCOC(=O)CCC1(N)CC1.Cl. The summed E-state index contributed by atoms with van der Waals surface area (Å²) >= 11 is 0. The molecule has 1 rings (SSSR count). The molecule has 2 N–H and O–H groups in total. The molecule has 72 valence electrons. The van der Waals surface area contributed by atoms with Crippen molar-refractivity contribution in [2.24, 2.45) is 5.73 Å². The summed E-state index contributed by atoms with van der Waals surface area (Å²) in [5.74, 6) is -0.121. The zero-order valence-corrected chi connectivity index (χ0v) is 8.15. The first-order valence-corrected chi connectivity index (χ1v) is 4.11. The number of ether oxygens (including phenoxy) is 1. The van der Waals surface area contributed by atoms with Crippen molar-refractivity contribution in [1.82, 2.24) is 0 Å². The highest BCUT2D eigenvalue weighted by molar-refractivity contribution is 5.85. The minimum absolute atomic E-state index is 0. The average Bonchev–Trinajstić information content (AvgIpc) is 2.66. The molecule has 1 aliphatic rings. The summed E-state index contributed by atoms with van der Waals surface area (Å²) in [6.45, 7) is 2.28. The van der Waals surface area contributed by atoms with E-state index in [0.717, 1.165) is 19.3 Å². The number of nitrogens with two attached hydrogens (primary N) is 1. The number of carbonyl (C=O) groups is 1. The van der Waals surface area contributed by atoms with Crippen LogP contribution in [0.4, 0.5) is 0 Å². The van der Waals surface area contributed by atoms with Gasteiger partial charge >= 0.3 is 5.97 Å². The van der Waals surface area contributed by atoms with Gasteiger partial charge in [0.1, 0.15) is 0 Å². The Balaban J connectivity index is 0.00000121. The van der Waals surface area contributed by atoms with Crippen LogP contribution in [-0.4, -0.2) is 18.1 Å². The van der Waals surface area contributed by atoms with Crippen LogP contribution in [0.3, 0.4) is 0 Å². The fraction of sp³-hybridized carbons (Fsp3) is 0.875. The molecule has 0 aromatic carbocycles. The van der Waals surface area contributed by atoms with E-state index in [9.17, 15) is 4.79 Å². The Morgan fingerprint density at radius 3 is 2.58 bits per heavy atom. The molecule has 0 heterocycles. The van der Waals surface area contributed by atoms with Crippen LogP contribution in [0.25, 0.3) is 0 Å². The van der Waals surface area contributed by atoms with Gasteiger partial charge in [-0.2, -0.15) is 0 Å². The molecule has 0 radical (unpaired) electrons. The molecule has 0 unspecified atom stereocenters. The molecule has 1 saturated carbocycles. The number of rotatable bonds is 4. The van der Waals surface area contributed by atoms with E-state index in [-0.39, 0.29) is 23.9 Å². The fourth-order valence-electron chi connectivity index (χ4n) is 0.995. The van der Waals surface area contributed by atoms with Gasteiger partial charge < -0.3 is 10.5 Å². The fourth-order valence-corrected chi connectivity index (χ4v) is 0.995. The molecule has 4 heteroatoms. The minimum Gasteiger partial charge on any atom is -0.466 e. The summed E-state index contributed by atoms with van der Waals surface area (Å²) in [5.41, 5.74) is 5.76. The second-order valence-corrected chi connectivity index (χ2v) is 3.17. The second kappa shape index (κ2) is 4.67. The maximum Gasteiger partial charge on any atom is 0.305 e. The van der Waals surface area contributed by atoms with Gasteiger partial charge in [-0.25, -0.2) is 0 Å². The number of halogens is 1. The molecular weight excluding hydrogens is 178 g/mol. The van der Waals surface area contributed by atoms with Gasteiger partial charge in [0.2, 0.25) is 0 Å². The Labute approximate surface area is 79.1 Å². The molecule has 1 aliphatic carbocycles. The van der Waals surface area contributed by atoms with Crippen molar-refractivity contribution in [2.75, 3.05) is 6.61 Å². The van der Waals surface area contributed by atoms with Crippen LogP contribution in [0.2, 0.25) is 0 Å². The molecule has 12 heavy (non-hydrogen) atoms. The summed E-state index contributed by atoms with van der Waals surface area (Å²) < 4.78 is 4.77. The lowest BCUT2D eigenvalue weighted by atomic mass is 10.1. The Bertz CT molecular complexity index is 157. The van der Waals surface area contributed by atoms with Crippen LogP contribution in [0.15, 0.2) is 0 Å². The summed E-state index contributed by atoms with van der Waals surface area (Å²) in [4.78, 5) is 10.8. The lowest BCUT2D eigenvalue weighted by Crippen LogP contribution is -2.23. The molecular formula is C8H16ClNO2. The number of esters is 1. The predicted octanol–water partition coefficient (Wildman–Crippen LogP) is 1.24. The number of hydrogen-bond acceptors (Lipinski definition) is 3. The maximum atomic E-state index is 10.8. The Kier molecular flexibility index (Phi) is 4.57. The van der Waals surface area contributed by atoms with Gasteiger partial charge in [0.25, 0.3) is 0 Å². The van der Waals surface area contributed by atoms with Crippen molar-refractivity contribution in [3.8, 4) is 0 Å². The normalized spacial score (nSPS) is 17.8. The molecule has 0 saturated heterocycles. The van der Waals surface area contributed by atoms with Crippen molar-refractivity contribution in [3.05, 3.63) is 0 Å². The molecule has 0 aliphatic heterocycles. The van der Waals surface area contributed by atoms with E-state index in [1.807, 2.05) is 6.92 Å². The van der Waals surface area contributed by atoms with E-state index in [4.69, 9.17) is 10.5 Å². The molecule has 0 aromatic rings. The molecule has 0 atom stereocenters. The van der Waals surface area contributed by atoms with E-state index in [1.165, 1.54) is 0 Å².